The molecule has 74 heavy (non-hydrogen) atoms. The Bertz CT molecular complexity index is 2510. The molecule has 4 aromatic rings. The van der Waals surface area contributed by atoms with E-state index in [1.54, 1.807) is 27.2 Å². The van der Waals surface area contributed by atoms with E-state index in [-0.39, 0.29) is 30.8 Å². The summed E-state index contributed by atoms with van der Waals surface area (Å²) in [5.74, 6) is -5.21. The molecule has 2 heterocycles. The first-order chi connectivity index (χ1) is 35.4. The third-order valence-electron chi connectivity index (χ3n) is 12.9. The number of carbonyl (C=O) groups is 7. The number of H-pyrrole nitrogens is 1. The topological polar surface area (TPSA) is 284 Å². The maximum atomic E-state index is 14.9. The Morgan fingerprint density at radius 3 is 1.92 bits per heavy atom. The lowest BCUT2D eigenvalue weighted by Gasteiger charge is -2.29. The number of aromatic nitrogens is 1. The zero-order chi connectivity index (χ0) is 53.9. The van der Waals surface area contributed by atoms with Crippen LogP contribution in [0.4, 0.5) is 0 Å². The van der Waals surface area contributed by atoms with E-state index < -0.39 is 102 Å². The van der Waals surface area contributed by atoms with E-state index in [2.05, 4.69) is 52.8 Å². The molecule has 1 aliphatic heterocycles. The van der Waals surface area contributed by atoms with E-state index in [4.69, 9.17) is 0 Å². The molecular weight excluding hydrogens is 985 g/mol. The number of hydrogen-bond donors (Lipinski definition) is 12. The largest absolute Gasteiger partial charge is 0.391 e. The highest BCUT2D eigenvalue weighted by Crippen LogP contribution is 2.25. The summed E-state index contributed by atoms with van der Waals surface area (Å²) in [5, 5.41) is 47.6. The number of fused-ring (bicyclic) bond motifs is 1. The summed E-state index contributed by atoms with van der Waals surface area (Å²) in [6.07, 6.45) is 0.721. The van der Waals surface area contributed by atoms with Gasteiger partial charge in [0.15, 0.2) is 0 Å². The Kier molecular flexibility index (Phi) is 23.3. The van der Waals surface area contributed by atoms with E-state index >= 15 is 0 Å². The third-order valence-corrected chi connectivity index (χ3v) is 15.4. The number of aromatic amines is 1. The standard InChI is InChI=1S/C53H74N10O9S2/c1-30-15-19-35(20-16-30)24-41(55-7)48(67)61-45-29-74-73-28-44(51(70)57-32(3)33(4)64)62-53(72)46(34(5)65)63-47(66)40(14-10-11-23-54-6)58-50(69)43(26-37-27-56-39-13-9-8-12-38(37)39)60-49(68)42(59-52(45)71)25-36-21-17-31(2)18-22-36/h8-9,12-13,15-22,27,32-34,40-46,54-56,64-65H,10-11,14,23-26,28-29H2,1-7H3,(H,57,70)(H,58,69)(H,59,71)(H,60,68)(H,61,67)(H,62,72)(H,63,66)/t32?,33-,34-,40+,41-,42+,43-,44+,45+,46?/m1/s1. The number of aliphatic hydroxyl groups is 2. The smallest absolute Gasteiger partial charge is 0.245 e. The lowest BCUT2D eigenvalue weighted by atomic mass is 10.0. The van der Waals surface area contributed by atoms with Gasteiger partial charge in [-0.3, -0.25) is 33.6 Å². The molecule has 21 heteroatoms. The molecule has 12 N–H and O–H groups in total. The number of para-hydroxylation sites is 1. The van der Waals surface area contributed by atoms with Crippen molar-refractivity contribution in [1.82, 2.24) is 52.8 Å². The van der Waals surface area contributed by atoms with Crippen molar-refractivity contribution in [1.29, 1.82) is 0 Å². The molecule has 7 amide bonds. The second-order valence-corrected chi connectivity index (χ2v) is 21.6. The Hall–Kier alpha value is -5.97. The van der Waals surface area contributed by atoms with Gasteiger partial charge in [-0.15, -0.1) is 0 Å². The number of unbranched alkanes of at least 4 members (excludes halogenated alkanes) is 1. The quantitative estimate of drug-likeness (QED) is 0.0496. The molecule has 10 atom stereocenters. The molecule has 19 nitrogen and oxygen atoms in total. The molecule has 0 aliphatic carbocycles. The molecular formula is C53H74N10O9S2. The highest BCUT2D eigenvalue weighted by atomic mass is 33.1. The van der Waals surface area contributed by atoms with Crippen molar-refractivity contribution in [2.75, 3.05) is 32.1 Å². The molecule has 3 aromatic carbocycles. The molecule has 2 unspecified atom stereocenters. The number of nitrogens with one attached hydrogen (secondary N) is 10. The summed E-state index contributed by atoms with van der Waals surface area (Å²) >= 11 is 0. The van der Waals surface area contributed by atoms with E-state index in [0.29, 0.717) is 36.9 Å². The first kappa shape index (κ1) is 58.9. The lowest BCUT2D eigenvalue weighted by Crippen LogP contribution is -2.62. The van der Waals surface area contributed by atoms with Gasteiger partial charge in [-0.2, -0.15) is 0 Å². The minimum Gasteiger partial charge on any atom is -0.391 e. The van der Waals surface area contributed by atoms with Gasteiger partial charge in [-0.1, -0.05) is 99.4 Å². The minimum atomic E-state index is -1.60. The van der Waals surface area contributed by atoms with Crippen molar-refractivity contribution in [2.45, 2.75) is 134 Å². The Morgan fingerprint density at radius 1 is 0.689 bits per heavy atom. The zero-order valence-electron chi connectivity index (χ0n) is 43.2. The predicted octanol–water partition coefficient (Wildman–Crippen LogP) is 1.36. The molecule has 0 radical (unpaired) electrons. The molecule has 1 aromatic heterocycles. The van der Waals surface area contributed by atoms with Crippen molar-refractivity contribution < 1.29 is 43.8 Å². The minimum absolute atomic E-state index is 0.00695. The maximum absolute atomic E-state index is 14.9. The van der Waals surface area contributed by atoms with Gasteiger partial charge < -0.3 is 63.0 Å². The van der Waals surface area contributed by atoms with E-state index in [0.717, 1.165) is 49.2 Å². The first-order valence-corrected chi connectivity index (χ1v) is 27.6. The number of likely N-dealkylation sites (N-methyl/N-ethyl adjacent to an activating group) is 1. The molecule has 0 saturated carbocycles. The normalized spacial score (nSPS) is 22.4. The van der Waals surface area contributed by atoms with Crippen LogP contribution in [0.1, 0.15) is 67.9 Å². The monoisotopic (exact) mass is 1060 g/mol. The van der Waals surface area contributed by atoms with Crippen LogP contribution in [-0.4, -0.2) is 149 Å². The Balaban J connectivity index is 1.58. The lowest BCUT2D eigenvalue weighted by molar-refractivity contribution is -0.136. The van der Waals surface area contributed by atoms with Gasteiger partial charge in [0.25, 0.3) is 0 Å². The third kappa shape index (κ3) is 17.9. The number of benzene rings is 3. The number of aliphatic hydroxyl groups excluding tert-OH is 2. The van der Waals surface area contributed by atoms with Gasteiger partial charge in [0.05, 0.1) is 24.3 Å². The van der Waals surface area contributed by atoms with Crippen molar-refractivity contribution in [3.8, 4) is 0 Å². The van der Waals surface area contributed by atoms with Crippen LogP contribution in [-0.2, 0) is 52.8 Å². The summed E-state index contributed by atoms with van der Waals surface area (Å²) in [6.45, 7) is 8.87. The van der Waals surface area contributed by atoms with Crippen LogP contribution in [0.25, 0.3) is 10.9 Å². The second-order valence-electron chi connectivity index (χ2n) is 19.0. The fourth-order valence-electron chi connectivity index (χ4n) is 8.16. The molecule has 0 spiro atoms. The van der Waals surface area contributed by atoms with E-state index in [1.165, 1.54) is 13.8 Å². The van der Waals surface area contributed by atoms with E-state index in [1.807, 2.05) is 86.6 Å². The fraction of sp³-hybridized carbons (Fsp3) is 0.491. The first-order valence-electron chi connectivity index (χ1n) is 25.1. The van der Waals surface area contributed by atoms with Crippen molar-refractivity contribution in [3.63, 3.8) is 0 Å². The average Bonchev–Trinajstić information content (AvgIpc) is 3.78. The summed E-state index contributed by atoms with van der Waals surface area (Å²) < 4.78 is 0. The SMILES string of the molecule is CNCCCC[C@@H]1NC(=O)[C@@H](Cc2c[nH]c3ccccc23)NC(=O)[C@H](Cc2ccc(C)cc2)NC(=O)[C@@H](NC(=O)[C@@H](Cc2ccc(C)cc2)NC)CSSC[C@@H](C(=O)NC(C)[C@@H](C)O)NC(=O)C([C@@H](C)O)NC1=O. The number of amides is 7. The van der Waals surface area contributed by atoms with Crippen molar-refractivity contribution in [2.24, 2.45) is 0 Å². The van der Waals surface area contributed by atoms with Gasteiger partial charge in [-0.25, -0.2) is 0 Å². The van der Waals surface area contributed by atoms with E-state index in [9.17, 15) is 43.8 Å². The van der Waals surface area contributed by atoms with Gasteiger partial charge >= 0.3 is 0 Å². The van der Waals surface area contributed by atoms with Crippen LogP contribution in [0.5, 0.6) is 0 Å². The van der Waals surface area contributed by atoms with Crippen LogP contribution in [0, 0.1) is 13.8 Å². The summed E-state index contributed by atoms with van der Waals surface area (Å²) in [4.78, 5) is 104. The predicted molar refractivity (Wildman–Crippen MR) is 290 cm³/mol. The van der Waals surface area contributed by atoms with Crippen LogP contribution < -0.4 is 47.9 Å². The van der Waals surface area contributed by atoms with Crippen molar-refractivity contribution >= 4 is 73.8 Å². The highest BCUT2D eigenvalue weighted by Gasteiger charge is 2.36. The number of carbonyl (C=O) groups excluding carboxylic acids is 7. The molecule has 0 bridgehead atoms. The van der Waals surface area contributed by atoms with Gasteiger partial charge in [-0.05, 0) is 104 Å². The average molecular weight is 1060 g/mol. The molecule has 402 valence electrons. The zero-order valence-corrected chi connectivity index (χ0v) is 44.8. The Morgan fingerprint density at radius 2 is 1.28 bits per heavy atom. The molecule has 1 saturated heterocycles. The van der Waals surface area contributed by atoms with Crippen LogP contribution in [0.2, 0.25) is 0 Å². The number of hydrogen-bond acceptors (Lipinski definition) is 13. The van der Waals surface area contributed by atoms with Gasteiger partial charge in [0.1, 0.15) is 36.3 Å². The highest BCUT2D eigenvalue weighted by molar-refractivity contribution is 8.76. The Labute approximate surface area is 441 Å². The van der Waals surface area contributed by atoms with Crippen LogP contribution in [0.3, 0.4) is 0 Å². The molecule has 1 fully saturated rings. The fourth-order valence-corrected chi connectivity index (χ4v) is 10.5. The summed E-state index contributed by atoms with van der Waals surface area (Å²) in [7, 11) is 5.65. The summed E-state index contributed by atoms with van der Waals surface area (Å²) in [5.41, 5.74) is 5.07. The van der Waals surface area contributed by atoms with Gasteiger partial charge in [0, 0.05) is 41.4 Å². The molecule has 1 aliphatic rings. The van der Waals surface area contributed by atoms with Gasteiger partial charge in [0.2, 0.25) is 41.4 Å². The summed E-state index contributed by atoms with van der Waals surface area (Å²) in [6, 6.07) is 13.1. The molecule has 5 rings (SSSR count). The van der Waals surface area contributed by atoms with Crippen LogP contribution >= 0.6 is 21.6 Å². The number of rotatable bonds is 18. The second kappa shape index (κ2) is 29.2. The maximum Gasteiger partial charge on any atom is 0.245 e. The van der Waals surface area contributed by atoms with Crippen LogP contribution in [0.15, 0.2) is 79.0 Å². The van der Waals surface area contributed by atoms with Crippen molar-refractivity contribution in [3.05, 3.63) is 107 Å². The number of aryl methyl sites for hydroxylation is 2.